The standard InChI is InChI=1S/C16H10ClN3O4/c17-15-12(5-2-8-18-15)19-16(21)14-7-6-13(24-14)10-3-1-4-11(9-10)20(22)23/h1-9H,(H,19,21). The number of carbonyl (C=O) groups excluding carboxylic acids is 1. The lowest BCUT2D eigenvalue weighted by atomic mass is 10.1. The topological polar surface area (TPSA) is 98.3 Å². The first-order valence-electron chi connectivity index (χ1n) is 6.81. The number of hydrogen-bond acceptors (Lipinski definition) is 5. The predicted octanol–water partition coefficient (Wildman–Crippen LogP) is 4.16. The number of amides is 1. The number of nitrogens with one attached hydrogen (secondary N) is 1. The zero-order chi connectivity index (χ0) is 17.1. The van der Waals surface area contributed by atoms with Gasteiger partial charge in [0.2, 0.25) is 0 Å². The van der Waals surface area contributed by atoms with E-state index in [1.165, 1.54) is 24.4 Å². The molecule has 1 N–H and O–H groups in total. The summed E-state index contributed by atoms with van der Waals surface area (Å²) in [5.74, 6) is -0.0980. The summed E-state index contributed by atoms with van der Waals surface area (Å²) in [4.78, 5) is 26.4. The lowest BCUT2D eigenvalue weighted by Crippen LogP contribution is -2.11. The largest absolute Gasteiger partial charge is 0.451 e. The minimum absolute atomic E-state index is 0.0522. The van der Waals surface area contributed by atoms with Crippen molar-refractivity contribution in [2.45, 2.75) is 0 Å². The first kappa shape index (κ1) is 15.7. The second kappa shape index (κ2) is 6.51. The minimum atomic E-state index is -0.499. The summed E-state index contributed by atoms with van der Waals surface area (Å²) in [7, 11) is 0. The molecule has 24 heavy (non-hydrogen) atoms. The Kier molecular flexibility index (Phi) is 4.26. The Balaban J connectivity index is 1.83. The molecule has 0 aliphatic rings. The van der Waals surface area contributed by atoms with Gasteiger partial charge < -0.3 is 9.73 Å². The van der Waals surface area contributed by atoms with Crippen LogP contribution in [-0.4, -0.2) is 15.8 Å². The van der Waals surface area contributed by atoms with Gasteiger partial charge in [-0.2, -0.15) is 0 Å². The molecule has 7 nitrogen and oxygen atoms in total. The van der Waals surface area contributed by atoms with E-state index in [1.54, 1.807) is 30.3 Å². The smallest absolute Gasteiger partial charge is 0.291 e. The van der Waals surface area contributed by atoms with E-state index in [0.717, 1.165) is 0 Å². The van der Waals surface area contributed by atoms with Crippen molar-refractivity contribution in [3.63, 3.8) is 0 Å². The number of aromatic nitrogens is 1. The molecule has 0 unspecified atom stereocenters. The van der Waals surface area contributed by atoms with Crippen molar-refractivity contribution in [3.05, 3.63) is 75.8 Å². The van der Waals surface area contributed by atoms with Crippen LogP contribution in [0.25, 0.3) is 11.3 Å². The van der Waals surface area contributed by atoms with Gasteiger partial charge in [-0.3, -0.25) is 14.9 Å². The third kappa shape index (κ3) is 3.26. The predicted molar refractivity (Wildman–Crippen MR) is 88.0 cm³/mol. The molecule has 0 spiro atoms. The Morgan fingerprint density at radius 1 is 1.21 bits per heavy atom. The van der Waals surface area contributed by atoms with Crippen LogP contribution < -0.4 is 5.32 Å². The summed E-state index contributed by atoms with van der Waals surface area (Å²) < 4.78 is 5.48. The molecule has 0 radical (unpaired) electrons. The highest BCUT2D eigenvalue weighted by Gasteiger charge is 2.15. The Morgan fingerprint density at radius 3 is 2.79 bits per heavy atom. The molecule has 0 aliphatic carbocycles. The van der Waals surface area contributed by atoms with Crippen molar-refractivity contribution in [3.8, 4) is 11.3 Å². The fourth-order valence-corrected chi connectivity index (χ4v) is 2.22. The maximum atomic E-state index is 12.2. The lowest BCUT2D eigenvalue weighted by molar-refractivity contribution is -0.384. The van der Waals surface area contributed by atoms with E-state index in [9.17, 15) is 14.9 Å². The molecule has 0 aliphatic heterocycles. The van der Waals surface area contributed by atoms with Crippen molar-refractivity contribution in [2.75, 3.05) is 5.32 Å². The highest BCUT2D eigenvalue weighted by Crippen LogP contribution is 2.26. The quantitative estimate of drug-likeness (QED) is 0.435. The highest BCUT2D eigenvalue weighted by molar-refractivity contribution is 6.32. The summed E-state index contributed by atoms with van der Waals surface area (Å²) in [6.45, 7) is 0. The number of nitro benzene ring substituents is 1. The Hall–Kier alpha value is -3.19. The summed E-state index contributed by atoms with van der Waals surface area (Å²) in [6.07, 6.45) is 1.51. The monoisotopic (exact) mass is 343 g/mol. The van der Waals surface area contributed by atoms with Gasteiger partial charge in [-0.15, -0.1) is 0 Å². The van der Waals surface area contributed by atoms with E-state index in [0.29, 0.717) is 17.0 Å². The number of furan rings is 1. The number of nitrogens with zero attached hydrogens (tertiary/aromatic N) is 2. The van der Waals surface area contributed by atoms with Crippen molar-refractivity contribution >= 4 is 28.9 Å². The molecule has 0 atom stereocenters. The van der Waals surface area contributed by atoms with E-state index in [1.807, 2.05) is 0 Å². The van der Waals surface area contributed by atoms with E-state index >= 15 is 0 Å². The van der Waals surface area contributed by atoms with Crippen molar-refractivity contribution < 1.29 is 14.1 Å². The van der Waals surface area contributed by atoms with Crippen molar-refractivity contribution in [1.82, 2.24) is 4.98 Å². The van der Waals surface area contributed by atoms with Gasteiger partial charge in [0.25, 0.3) is 11.6 Å². The third-order valence-electron chi connectivity index (χ3n) is 3.18. The highest BCUT2D eigenvalue weighted by atomic mass is 35.5. The molecule has 120 valence electrons. The average molecular weight is 344 g/mol. The van der Waals surface area contributed by atoms with Gasteiger partial charge in [0, 0.05) is 23.9 Å². The van der Waals surface area contributed by atoms with Crippen LogP contribution in [0.5, 0.6) is 0 Å². The molecule has 3 aromatic rings. The molecular weight excluding hydrogens is 334 g/mol. The number of non-ortho nitro benzene ring substituents is 1. The number of anilines is 1. The first-order chi connectivity index (χ1) is 11.5. The molecule has 1 aromatic carbocycles. The van der Waals surface area contributed by atoms with Gasteiger partial charge in [0.15, 0.2) is 10.9 Å². The minimum Gasteiger partial charge on any atom is -0.451 e. The lowest BCUT2D eigenvalue weighted by Gasteiger charge is -2.04. The molecule has 0 saturated carbocycles. The number of carbonyl (C=O) groups is 1. The van der Waals surface area contributed by atoms with E-state index < -0.39 is 10.8 Å². The summed E-state index contributed by atoms with van der Waals surface area (Å²) in [5.41, 5.74) is 0.803. The molecule has 0 fully saturated rings. The van der Waals surface area contributed by atoms with Gasteiger partial charge >= 0.3 is 0 Å². The fraction of sp³-hybridized carbons (Fsp3) is 0. The number of nitro groups is 1. The number of pyridine rings is 1. The summed E-state index contributed by atoms with van der Waals surface area (Å²) >= 11 is 5.88. The number of benzene rings is 1. The number of rotatable bonds is 4. The molecule has 1 amide bonds. The average Bonchev–Trinajstić information content (AvgIpc) is 3.07. The number of hydrogen-bond donors (Lipinski definition) is 1. The van der Waals surface area contributed by atoms with E-state index in [-0.39, 0.29) is 16.6 Å². The second-order valence-electron chi connectivity index (χ2n) is 4.77. The van der Waals surface area contributed by atoms with Crippen LogP contribution in [0, 0.1) is 10.1 Å². The van der Waals surface area contributed by atoms with Gasteiger partial charge in [-0.05, 0) is 24.3 Å². The Morgan fingerprint density at radius 2 is 2.04 bits per heavy atom. The van der Waals surface area contributed by atoms with Crippen molar-refractivity contribution in [2.24, 2.45) is 0 Å². The zero-order valence-electron chi connectivity index (χ0n) is 12.1. The fourth-order valence-electron chi connectivity index (χ4n) is 2.05. The van der Waals surface area contributed by atoms with Crippen LogP contribution in [0.15, 0.2) is 59.1 Å². The molecule has 8 heteroatoms. The molecule has 2 aromatic heterocycles. The Labute approximate surface area is 141 Å². The molecule has 0 saturated heterocycles. The molecular formula is C16H10ClN3O4. The van der Waals surface area contributed by atoms with Crippen molar-refractivity contribution in [1.29, 1.82) is 0 Å². The summed E-state index contributed by atoms with van der Waals surface area (Å²) in [5, 5.41) is 13.6. The zero-order valence-corrected chi connectivity index (χ0v) is 12.9. The van der Waals surface area contributed by atoms with Crippen LogP contribution >= 0.6 is 11.6 Å². The van der Waals surface area contributed by atoms with E-state index in [4.69, 9.17) is 16.0 Å². The third-order valence-corrected chi connectivity index (χ3v) is 3.48. The van der Waals surface area contributed by atoms with Crippen LogP contribution in [-0.2, 0) is 0 Å². The molecule has 0 bridgehead atoms. The maximum Gasteiger partial charge on any atom is 0.291 e. The molecule has 2 heterocycles. The van der Waals surface area contributed by atoms with Gasteiger partial charge in [0.1, 0.15) is 5.76 Å². The van der Waals surface area contributed by atoms with Crippen LogP contribution in [0.1, 0.15) is 10.6 Å². The summed E-state index contributed by atoms with van der Waals surface area (Å²) in [6, 6.07) is 12.3. The Bertz CT molecular complexity index is 923. The SMILES string of the molecule is O=C(Nc1cccnc1Cl)c1ccc(-c2cccc([N+](=O)[O-])c2)o1. The maximum absolute atomic E-state index is 12.2. The van der Waals surface area contributed by atoms with Gasteiger partial charge in [-0.1, -0.05) is 23.7 Å². The van der Waals surface area contributed by atoms with Crippen LogP contribution in [0.4, 0.5) is 11.4 Å². The van der Waals surface area contributed by atoms with Gasteiger partial charge in [-0.25, -0.2) is 4.98 Å². The number of halogens is 1. The van der Waals surface area contributed by atoms with Gasteiger partial charge in [0.05, 0.1) is 10.6 Å². The molecule has 3 rings (SSSR count). The first-order valence-corrected chi connectivity index (χ1v) is 7.19. The van der Waals surface area contributed by atoms with Crippen LogP contribution in [0.3, 0.4) is 0 Å². The van der Waals surface area contributed by atoms with E-state index in [2.05, 4.69) is 10.3 Å². The normalized spacial score (nSPS) is 10.4. The second-order valence-corrected chi connectivity index (χ2v) is 5.13. The van der Waals surface area contributed by atoms with Crippen LogP contribution in [0.2, 0.25) is 5.15 Å².